The van der Waals surface area contributed by atoms with E-state index in [4.69, 9.17) is 5.73 Å². The monoisotopic (exact) mass is 384 g/mol. The SMILES string of the molecule is Cl.Cl.NCC(=O)NCC(=O)N1CCN(c2cc(F)ccc2F)CC1. The lowest BCUT2D eigenvalue weighted by Gasteiger charge is -2.36. The van der Waals surface area contributed by atoms with Crippen LogP contribution < -0.4 is 16.0 Å². The minimum Gasteiger partial charge on any atom is -0.366 e. The van der Waals surface area contributed by atoms with Gasteiger partial charge in [0.2, 0.25) is 11.8 Å². The van der Waals surface area contributed by atoms with E-state index in [0.717, 1.165) is 18.2 Å². The van der Waals surface area contributed by atoms with Crippen molar-refractivity contribution in [3.63, 3.8) is 0 Å². The zero-order valence-electron chi connectivity index (χ0n) is 12.8. The minimum absolute atomic E-state index is 0. The number of halogens is 4. The maximum absolute atomic E-state index is 13.7. The van der Waals surface area contributed by atoms with Crippen molar-refractivity contribution in [2.45, 2.75) is 0 Å². The van der Waals surface area contributed by atoms with Crippen LogP contribution in [0.15, 0.2) is 18.2 Å². The Kier molecular flexibility index (Phi) is 9.57. The number of hydrogen-bond donors (Lipinski definition) is 2. The smallest absolute Gasteiger partial charge is 0.242 e. The first-order valence-corrected chi connectivity index (χ1v) is 6.96. The lowest BCUT2D eigenvalue weighted by Crippen LogP contribution is -2.51. The summed E-state index contributed by atoms with van der Waals surface area (Å²) in [4.78, 5) is 26.2. The Hall–Kier alpha value is -1.64. The van der Waals surface area contributed by atoms with Gasteiger partial charge in [-0.05, 0) is 12.1 Å². The first-order valence-electron chi connectivity index (χ1n) is 6.96. The molecule has 0 atom stereocenters. The van der Waals surface area contributed by atoms with Crippen LogP contribution in [0, 0.1) is 11.6 Å². The normalized spacial score (nSPS) is 13.6. The van der Waals surface area contributed by atoms with Gasteiger partial charge in [-0.25, -0.2) is 8.78 Å². The van der Waals surface area contributed by atoms with Gasteiger partial charge >= 0.3 is 0 Å². The van der Waals surface area contributed by atoms with Gasteiger partial charge in [0.1, 0.15) is 11.6 Å². The molecule has 24 heavy (non-hydrogen) atoms. The third-order valence-corrected chi connectivity index (χ3v) is 3.50. The van der Waals surface area contributed by atoms with Gasteiger partial charge in [-0.15, -0.1) is 24.8 Å². The molecule has 1 aliphatic heterocycles. The highest BCUT2D eigenvalue weighted by molar-refractivity contribution is 5.86. The highest BCUT2D eigenvalue weighted by atomic mass is 35.5. The molecule has 6 nitrogen and oxygen atoms in total. The van der Waals surface area contributed by atoms with Gasteiger partial charge in [0.25, 0.3) is 0 Å². The van der Waals surface area contributed by atoms with E-state index in [-0.39, 0.29) is 49.5 Å². The fourth-order valence-electron chi connectivity index (χ4n) is 2.28. The van der Waals surface area contributed by atoms with Crippen LogP contribution in [0.3, 0.4) is 0 Å². The quantitative estimate of drug-likeness (QED) is 0.793. The molecule has 1 aromatic carbocycles. The summed E-state index contributed by atoms with van der Waals surface area (Å²) in [7, 11) is 0. The summed E-state index contributed by atoms with van der Waals surface area (Å²) >= 11 is 0. The molecule has 2 rings (SSSR count). The van der Waals surface area contributed by atoms with Gasteiger partial charge in [0.15, 0.2) is 0 Å². The molecule has 2 amide bonds. The van der Waals surface area contributed by atoms with Crippen LogP contribution in [0.5, 0.6) is 0 Å². The van der Waals surface area contributed by atoms with Crippen LogP contribution in [0.1, 0.15) is 0 Å². The van der Waals surface area contributed by atoms with Gasteiger partial charge < -0.3 is 20.9 Å². The number of carbonyl (C=O) groups excluding carboxylic acids is 2. The second-order valence-corrected chi connectivity index (χ2v) is 4.94. The molecular weight excluding hydrogens is 365 g/mol. The Balaban J connectivity index is 0.00000264. The number of hydrogen-bond acceptors (Lipinski definition) is 4. The molecule has 1 saturated heterocycles. The molecular formula is C14H20Cl2F2N4O2. The number of rotatable bonds is 4. The predicted molar refractivity (Wildman–Crippen MR) is 91.7 cm³/mol. The molecule has 0 saturated carbocycles. The molecule has 0 bridgehead atoms. The van der Waals surface area contributed by atoms with E-state index in [1.54, 1.807) is 9.80 Å². The molecule has 0 aliphatic carbocycles. The van der Waals surface area contributed by atoms with E-state index < -0.39 is 17.5 Å². The predicted octanol–water partition coefficient (Wildman–Crippen LogP) is 0.532. The van der Waals surface area contributed by atoms with Crippen molar-refractivity contribution in [2.75, 3.05) is 44.2 Å². The van der Waals surface area contributed by atoms with Gasteiger partial charge in [-0.2, -0.15) is 0 Å². The molecule has 1 heterocycles. The third kappa shape index (κ3) is 5.77. The van der Waals surface area contributed by atoms with E-state index in [0.29, 0.717) is 26.2 Å². The van der Waals surface area contributed by atoms with Crippen molar-refractivity contribution >= 4 is 42.3 Å². The average molecular weight is 385 g/mol. The summed E-state index contributed by atoms with van der Waals surface area (Å²) < 4.78 is 26.9. The van der Waals surface area contributed by atoms with Gasteiger partial charge in [0, 0.05) is 32.2 Å². The third-order valence-electron chi connectivity index (χ3n) is 3.50. The number of benzene rings is 1. The molecule has 1 fully saturated rings. The number of anilines is 1. The van der Waals surface area contributed by atoms with E-state index in [1.807, 2.05) is 0 Å². The van der Waals surface area contributed by atoms with Crippen LogP contribution in [0.25, 0.3) is 0 Å². The van der Waals surface area contributed by atoms with E-state index in [1.165, 1.54) is 0 Å². The molecule has 136 valence electrons. The number of carbonyl (C=O) groups is 2. The first-order chi connectivity index (χ1) is 10.5. The van der Waals surface area contributed by atoms with Crippen molar-refractivity contribution in [1.82, 2.24) is 10.2 Å². The Morgan fingerprint density at radius 3 is 2.33 bits per heavy atom. The molecule has 0 unspecified atom stereocenters. The largest absolute Gasteiger partial charge is 0.366 e. The summed E-state index contributed by atoms with van der Waals surface area (Å²) in [6.45, 7) is 1.29. The Morgan fingerprint density at radius 2 is 1.75 bits per heavy atom. The standard InChI is InChI=1S/C14H18F2N4O2.2ClH/c15-10-1-2-11(16)12(7-10)19-3-5-20(6-4-19)14(22)9-18-13(21)8-17;;/h1-2,7H,3-6,8-9,17H2,(H,18,21);2*1H. The highest BCUT2D eigenvalue weighted by Crippen LogP contribution is 2.21. The van der Waals surface area contributed by atoms with Crippen molar-refractivity contribution < 1.29 is 18.4 Å². The molecule has 0 spiro atoms. The zero-order valence-corrected chi connectivity index (χ0v) is 14.5. The number of nitrogens with one attached hydrogen (secondary N) is 1. The number of nitrogens with two attached hydrogens (primary N) is 1. The van der Waals surface area contributed by atoms with Crippen LogP contribution in [0.2, 0.25) is 0 Å². The highest BCUT2D eigenvalue weighted by Gasteiger charge is 2.23. The minimum atomic E-state index is -0.501. The maximum Gasteiger partial charge on any atom is 0.242 e. The van der Waals surface area contributed by atoms with Gasteiger partial charge in [-0.1, -0.05) is 0 Å². The molecule has 0 radical (unpaired) electrons. The summed E-state index contributed by atoms with van der Waals surface area (Å²) in [5.74, 6) is -1.61. The van der Waals surface area contributed by atoms with Crippen molar-refractivity contribution in [3.05, 3.63) is 29.8 Å². The van der Waals surface area contributed by atoms with Crippen LogP contribution in [0.4, 0.5) is 14.5 Å². The summed E-state index contributed by atoms with van der Waals surface area (Å²) in [5.41, 5.74) is 5.33. The second-order valence-electron chi connectivity index (χ2n) is 4.94. The molecule has 10 heteroatoms. The molecule has 1 aromatic rings. The van der Waals surface area contributed by atoms with Crippen LogP contribution >= 0.6 is 24.8 Å². The first kappa shape index (κ1) is 22.4. The van der Waals surface area contributed by atoms with Crippen molar-refractivity contribution in [1.29, 1.82) is 0 Å². The average Bonchev–Trinajstić information content (AvgIpc) is 2.54. The molecule has 3 N–H and O–H groups in total. The lowest BCUT2D eigenvalue weighted by atomic mass is 10.2. The Labute approximate surface area is 151 Å². The molecule has 1 aliphatic rings. The Morgan fingerprint density at radius 1 is 1.12 bits per heavy atom. The van der Waals surface area contributed by atoms with Gasteiger partial charge in [-0.3, -0.25) is 9.59 Å². The number of amides is 2. The van der Waals surface area contributed by atoms with Crippen molar-refractivity contribution in [3.8, 4) is 0 Å². The van der Waals surface area contributed by atoms with Crippen LogP contribution in [-0.2, 0) is 9.59 Å². The summed E-state index contributed by atoms with van der Waals surface area (Å²) in [6, 6.07) is 3.30. The zero-order chi connectivity index (χ0) is 16.1. The van der Waals surface area contributed by atoms with E-state index in [9.17, 15) is 18.4 Å². The van der Waals surface area contributed by atoms with E-state index >= 15 is 0 Å². The fraction of sp³-hybridized carbons (Fsp3) is 0.429. The maximum atomic E-state index is 13.7. The van der Waals surface area contributed by atoms with E-state index in [2.05, 4.69) is 5.32 Å². The number of nitrogens with zero attached hydrogens (tertiary/aromatic N) is 2. The number of piperazine rings is 1. The lowest BCUT2D eigenvalue weighted by molar-refractivity contribution is -0.132. The van der Waals surface area contributed by atoms with Crippen molar-refractivity contribution in [2.24, 2.45) is 5.73 Å². The fourth-order valence-corrected chi connectivity index (χ4v) is 2.28. The topological polar surface area (TPSA) is 78.7 Å². The summed E-state index contributed by atoms with van der Waals surface area (Å²) in [6.07, 6.45) is 0. The second kappa shape index (κ2) is 10.3. The molecule has 0 aromatic heterocycles. The summed E-state index contributed by atoms with van der Waals surface area (Å²) in [5, 5.41) is 2.41. The Bertz CT molecular complexity index is 570. The van der Waals surface area contributed by atoms with Gasteiger partial charge in [0.05, 0.1) is 18.8 Å². The van der Waals surface area contributed by atoms with Crippen LogP contribution in [-0.4, -0.2) is 56.0 Å².